The molecule has 1 spiro atoms. The van der Waals surface area contributed by atoms with Gasteiger partial charge in [-0.15, -0.1) is 5.10 Å². The number of alkyl halides is 2. The van der Waals surface area contributed by atoms with Crippen molar-refractivity contribution in [2.45, 2.75) is 30.9 Å². The van der Waals surface area contributed by atoms with Crippen molar-refractivity contribution in [3.63, 3.8) is 0 Å². The quantitative estimate of drug-likeness (QED) is 0.410. The minimum absolute atomic E-state index is 0.0466. The number of fused-ring (bicyclic) bond motifs is 2. The summed E-state index contributed by atoms with van der Waals surface area (Å²) in [5, 5.41) is 13.0. The molecule has 2 N–H and O–H groups in total. The van der Waals surface area contributed by atoms with E-state index < -0.39 is 41.7 Å². The fraction of sp³-hybridized carbons (Fsp3) is 0.333. The summed E-state index contributed by atoms with van der Waals surface area (Å²) < 4.78 is 62.4. The SMILES string of the molecule is O=C1Nc2ccc(Cl)c(F)c2[C@]2(CCN(c3cc(C(=O)NCc4ccc(N5CCC(F)(F)C5)cc4F)cnn3)C2)O1. The molecule has 0 saturated carbocycles. The smallest absolute Gasteiger partial charge is 0.412 e. The molecule has 2 amide bonds. The maximum atomic E-state index is 15.1. The highest BCUT2D eigenvalue weighted by atomic mass is 35.5. The highest BCUT2D eigenvalue weighted by Gasteiger charge is 2.50. The molecule has 2 saturated heterocycles. The Morgan fingerprint density at radius 1 is 1.10 bits per heavy atom. The number of hydrogen-bond donors (Lipinski definition) is 2. The standard InChI is InChI=1S/C27H23ClF4N6O3/c28-18-3-4-20-22(23(18)30)26(41-25(40)35-20)5-7-38(13-26)21-9-16(12-34-36-21)24(39)33-11-15-1-2-17(10-19(15)29)37-8-6-27(31,32)14-37/h1-4,9-10,12H,5-8,11,13-14H2,(H,33,39)(H,35,40)/t26-/m1/s1. The van der Waals surface area contributed by atoms with Crippen LogP contribution in [0.25, 0.3) is 0 Å². The number of nitrogens with one attached hydrogen (secondary N) is 2. The number of amides is 2. The van der Waals surface area contributed by atoms with Gasteiger partial charge in [-0.05, 0) is 30.3 Å². The number of ether oxygens (including phenoxy) is 1. The monoisotopic (exact) mass is 590 g/mol. The van der Waals surface area contributed by atoms with Gasteiger partial charge in [0.25, 0.3) is 11.8 Å². The molecular formula is C27H23ClF4N6O3. The molecule has 3 aromatic rings. The van der Waals surface area contributed by atoms with Crippen molar-refractivity contribution in [2.75, 3.05) is 41.3 Å². The highest BCUT2D eigenvalue weighted by molar-refractivity contribution is 6.31. The molecule has 1 atom stereocenters. The second kappa shape index (κ2) is 10.1. The van der Waals surface area contributed by atoms with Crippen LogP contribution in [0.4, 0.5) is 39.5 Å². The number of carbonyl (C=O) groups excluding carboxylic acids is 2. The Hall–Kier alpha value is -4.13. The third-order valence-electron chi connectivity index (χ3n) is 7.55. The van der Waals surface area contributed by atoms with Crippen molar-refractivity contribution in [3.8, 4) is 0 Å². The maximum absolute atomic E-state index is 15.1. The van der Waals surface area contributed by atoms with E-state index in [0.29, 0.717) is 18.1 Å². The van der Waals surface area contributed by atoms with Crippen LogP contribution in [0.15, 0.2) is 42.6 Å². The van der Waals surface area contributed by atoms with E-state index in [1.54, 1.807) is 11.0 Å². The molecule has 6 rings (SSSR count). The minimum atomic E-state index is -2.80. The number of rotatable bonds is 5. The average Bonchev–Trinajstić information content (AvgIpc) is 3.52. The molecule has 41 heavy (non-hydrogen) atoms. The molecule has 1 aromatic heterocycles. The van der Waals surface area contributed by atoms with Crippen molar-refractivity contribution < 1.29 is 31.9 Å². The Morgan fingerprint density at radius 3 is 2.66 bits per heavy atom. The Bertz CT molecular complexity index is 1560. The first-order chi connectivity index (χ1) is 19.5. The van der Waals surface area contributed by atoms with Crippen molar-refractivity contribution in [2.24, 2.45) is 0 Å². The second-order valence-electron chi connectivity index (χ2n) is 10.3. The van der Waals surface area contributed by atoms with Gasteiger partial charge < -0.3 is 19.9 Å². The van der Waals surface area contributed by atoms with Crippen LogP contribution in [0.5, 0.6) is 0 Å². The van der Waals surface area contributed by atoms with Crippen molar-refractivity contribution >= 4 is 40.8 Å². The number of halogens is 5. The van der Waals surface area contributed by atoms with E-state index in [0.717, 1.165) is 0 Å². The van der Waals surface area contributed by atoms with E-state index in [-0.39, 0.29) is 59.9 Å². The lowest BCUT2D eigenvalue weighted by Crippen LogP contribution is -2.42. The largest absolute Gasteiger partial charge is 0.436 e. The zero-order valence-electron chi connectivity index (χ0n) is 21.4. The number of nitrogens with zero attached hydrogens (tertiary/aromatic N) is 4. The van der Waals surface area contributed by atoms with E-state index in [4.69, 9.17) is 16.3 Å². The minimum Gasteiger partial charge on any atom is -0.436 e. The summed E-state index contributed by atoms with van der Waals surface area (Å²) in [5.74, 6) is -4.37. The van der Waals surface area contributed by atoms with Crippen molar-refractivity contribution in [1.82, 2.24) is 15.5 Å². The third-order valence-corrected chi connectivity index (χ3v) is 7.84. The lowest BCUT2D eigenvalue weighted by atomic mass is 9.89. The van der Waals surface area contributed by atoms with Gasteiger partial charge >= 0.3 is 6.09 Å². The van der Waals surface area contributed by atoms with E-state index >= 15 is 4.39 Å². The molecule has 0 radical (unpaired) electrons. The Balaban J connectivity index is 1.14. The maximum Gasteiger partial charge on any atom is 0.412 e. The van der Waals surface area contributed by atoms with Gasteiger partial charge in [0.05, 0.1) is 41.1 Å². The second-order valence-corrected chi connectivity index (χ2v) is 10.7. The molecule has 2 fully saturated rings. The molecule has 4 heterocycles. The number of carbonyl (C=O) groups is 2. The van der Waals surface area contributed by atoms with Crippen molar-refractivity contribution in [3.05, 3.63) is 75.9 Å². The zero-order valence-corrected chi connectivity index (χ0v) is 22.2. The molecule has 2 aromatic carbocycles. The van der Waals surface area contributed by atoms with E-state index in [1.165, 1.54) is 41.4 Å². The highest BCUT2D eigenvalue weighted by Crippen LogP contribution is 2.46. The number of benzene rings is 2. The fourth-order valence-electron chi connectivity index (χ4n) is 5.47. The Labute approximate surface area is 236 Å². The lowest BCUT2D eigenvalue weighted by Gasteiger charge is -2.35. The first-order valence-corrected chi connectivity index (χ1v) is 13.2. The molecule has 214 valence electrons. The van der Waals surface area contributed by atoms with E-state index in [2.05, 4.69) is 20.8 Å². The number of hydrogen-bond acceptors (Lipinski definition) is 7. The molecule has 0 aliphatic carbocycles. The summed E-state index contributed by atoms with van der Waals surface area (Å²) in [6.07, 6.45) is 0.483. The van der Waals surface area contributed by atoms with Gasteiger partial charge in [0, 0.05) is 43.7 Å². The van der Waals surface area contributed by atoms with Crippen LogP contribution in [0.2, 0.25) is 5.02 Å². The van der Waals surface area contributed by atoms with E-state index in [1.807, 2.05) is 0 Å². The van der Waals surface area contributed by atoms with Gasteiger partial charge in [-0.25, -0.2) is 22.4 Å². The normalized spacial score (nSPS) is 21.0. The fourth-order valence-corrected chi connectivity index (χ4v) is 5.63. The van der Waals surface area contributed by atoms with Crippen LogP contribution in [0.3, 0.4) is 0 Å². The zero-order chi connectivity index (χ0) is 28.9. The predicted octanol–water partition coefficient (Wildman–Crippen LogP) is 4.85. The first-order valence-electron chi connectivity index (χ1n) is 12.8. The molecule has 14 heteroatoms. The van der Waals surface area contributed by atoms with Crippen LogP contribution in [0.1, 0.15) is 34.3 Å². The Kier molecular flexibility index (Phi) is 6.63. The van der Waals surface area contributed by atoms with Crippen LogP contribution in [0, 0.1) is 11.6 Å². The van der Waals surface area contributed by atoms with Gasteiger partial charge in [-0.1, -0.05) is 17.7 Å². The summed E-state index contributed by atoms with van der Waals surface area (Å²) in [4.78, 5) is 28.3. The van der Waals surface area contributed by atoms with Gasteiger partial charge in [0.15, 0.2) is 17.2 Å². The average molecular weight is 591 g/mol. The summed E-state index contributed by atoms with van der Waals surface area (Å²) in [6, 6.07) is 8.52. The van der Waals surface area contributed by atoms with Crippen LogP contribution >= 0.6 is 11.6 Å². The summed E-state index contributed by atoms with van der Waals surface area (Å²) >= 11 is 6.01. The number of anilines is 3. The van der Waals surface area contributed by atoms with Gasteiger partial charge in [-0.3, -0.25) is 10.1 Å². The molecule has 0 unspecified atom stereocenters. The first kappa shape index (κ1) is 27.1. The lowest BCUT2D eigenvalue weighted by molar-refractivity contribution is 0.0252. The predicted molar refractivity (Wildman–Crippen MR) is 141 cm³/mol. The molecular weight excluding hydrogens is 568 g/mol. The summed E-state index contributed by atoms with van der Waals surface area (Å²) in [5.41, 5.74) is -0.233. The van der Waals surface area contributed by atoms with Crippen molar-refractivity contribution in [1.29, 1.82) is 0 Å². The van der Waals surface area contributed by atoms with Crippen LogP contribution in [-0.4, -0.2) is 54.3 Å². The van der Waals surface area contributed by atoms with Gasteiger partial charge in [-0.2, -0.15) is 5.10 Å². The number of aromatic nitrogens is 2. The topological polar surface area (TPSA) is 99.7 Å². The Morgan fingerprint density at radius 2 is 1.90 bits per heavy atom. The molecule has 3 aliphatic rings. The molecule has 9 nitrogen and oxygen atoms in total. The van der Waals surface area contributed by atoms with Crippen LogP contribution in [-0.2, 0) is 16.9 Å². The molecule has 0 bridgehead atoms. The van der Waals surface area contributed by atoms with Gasteiger partial charge in [0.2, 0.25) is 0 Å². The molecule has 3 aliphatic heterocycles. The van der Waals surface area contributed by atoms with E-state index in [9.17, 15) is 22.8 Å². The third kappa shape index (κ3) is 5.09. The van der Waals surface area contributed by atoms with Crippen LogP contribution < -0.4 is 20.4 Å². The van der Waals surface area contributed by atoms with Gasteiger partial charge in [0.1, 0.15) is 5.82 Å². The summed E-state index contributed by atoms with van der Waals surface area (Å²) in [7, 11) is 0. The summed E-state index contributed by atoms with van der Waals surface area (Å²) in [6.45, 7) is -0.117.